The molecule has 0 amide bonds. The number of hydrogen-bond acceptors (Lipinski definition) is 3. The van der Waals surface area contributed by atoms with E-state index in [4.69, 9.17) is 10.2 Å². The number of aliphatic hydroxyl groups is 2. The van der Waals surface area contributed by atoms with Gasteiger partial charge in [0.25, 0.3) is 0 Å². The molecule has 3 nitrogen and oxygen atoms in total. The zero-order chi connectivity index (χ0) is 10.0. The van der Waals surface area contributed by atoms with Gasteiger partial charge in [0.1, 0.15) is 5.76 Å². The first-order valence-electron chi connectivity index (χ1n) is 4.04. The van der Waals surface area contributed by atoms with Gasteiger partial charge in [-0.15, -0.1) is 0 Å². The van der Waals surface area contributed by atoms with Crippen molar-refractivity contribution in [3.05, 3.63) is 36.3 Å². The molecular formula is C10H12O3. The van der Waals surface area contributed by atoms with Gasteiger partial charge < -0.3 is 10.2 Å². The molecule has 0 aromatic heterocycles. The molecule has 1 rings (SSSR count). The van der Waals surface area contributed by atoms with Gasteiger partial charge in [0.15, 0.2) is 11.5 Å². The molecule has 0 saturated heterocycles. The lowest BCUT2D eigenvalue weighted by atomic mass is 10.1. The summed E-state index contributed by atoms with van der Waals surface area (Å²) in [6.45, 7) is 6.61. The average Bonchev–Trinajstić information content (AvgIpc) is 2.85. The molecule has 13 heavy (non-hydrogen) atoms. The van der Waals surface area contributed by atoms with Gasteiger partial charge in [0, 0.05) is 11.5 Å². The summed E-state index contributed by atoms with van der Waals surface area (Å²) in [6.07, 6.45) is 2.93. The monoisotopic (exact) mass is 180 g/mol. The second-order valence-corrected chi connectivity index (χ2v) is 3.14. The molecule has 0 radical (unpaired) electrons. The van der Waals surface area contributed by atoms with Gasteiger partial charge in [-0.2, -0.15) is 0 Å². The minimum absolute atomic E-state index is 0.0622. The molecule has 1 fully saturated rings. The van der Waals surface area contributed by atoms with Crippen LogP contribution < -0.4 is 0 Å². The van der Waals surface area contributed by atoms with Crippen LogP contribution in [0.5, 0.6) is 0 Å². The van der Waals surface area contributed by atoms with Gasteiger partial charge >= 0.3 is 0 Å². The fourth-order valence-corrected chi connectivity index (χ4v) is 0.927. The molecule has 1 aliphatic carbocycles. The predicted octanol–water partition coefficient (Wildman–Crippen LogP) is 2.04. The quantitative estimate of drug-likeness (QED) is 0.395. The Morgan fingerprint density at radius 1 is 1.31 bits per heavy atom. The van der Waals surface area contributed by atoms with Crippen LogP contribution in [-0.2, 0) is 4.79 Å². The Hall–Kier alpha value is -1.51. The maximum atomic E-state index is 11.3. The van der Waals surface area contributed by atoms with E-state index in [1.54, 1.807) is 0 Å². The third-order valence-corrected chi connectivity index (χ3v) is 1.87. The lowest BCUT2D eigenvalue weighted by molar-refractivity contribution is -0.116. The Labute approximate surface area is 76.7 Å². The Balaban J connectivity index is 2.62. The van der Waals surface area contributed by atoms with E-state index >= 15 is 0 Å². The largest absolute Gasteiger partial charge is 0.505 e. The van der Waals surface area contributed by atoms with Crippen LogP contribution in [0.4, 0.5) is 0 Å². The molecule has 0 heterocycles. The number of carbonyl (C=O) groups excluding carboxylic acids is 1. The molecule has 1 aliphatic rings. The highest BCUT2D eigenvalue weighted by molar-refractivity contribution is 6.00. The molecule has 0 spiro atoms. The average molecular weight is 180 g/mol. The summed E-state index contributed by atoms with van der Waals surface area (Å²) in [5.74, 6) is -0.847. The molecule has 0 aromatic rings. The smallest absolute Gasteiger partial charge is 0.165 e. The third kappa shape index (κ3) is 2.47. The van der Waals surface area contributed by atoms with Gasteiger partial charge in [0.05, 0.1) is 0 Å². The minimum Gasteiger partial charge on any atom is -0.505 e. The van der Waals surface area contributed by atoms with Crippen molar-refractivity contribution in [2.24, 2.45) is 5.92 Å². The van der Waals surface area contributed by atoms with E-state index in [2.05, 4.69) is 13.2 Å². The highest BCUT2D eigenvalue weighted by atomic mass is 16.3. The standard InChI is InChI=1S/C10H12O3/c1-6(5-9(12)7(2)11)10(13)8-3-4-8/h5,8,11-12H,1-4H2/b9-5+. The Kier molecular flexibility index (Phi) is 2.56. The molecular weight excluding hydrogens is 168 g/mol. The number of Topliss-reactive ketones (excluding diaryl/α,β-unsaturated/α-hetero) is 1. The van der Waals surface area contributed by atoms with Crippen molar-refractivity contribution in [1.29, 1.82) is 0 Å². The molecule has 70 valence electrons. The molecule has 2 N–H and O–H groups in total. The van der Waals surface area contributed by atoms with E-state index < -0.39 is 11.5 Å². The van der Waals surface area contributed by atoms with Crippen molar-refractivity contribution in [3.63, 3.8) is 0 Å². The number of hydrogen-bond donors (Lipinski definition) is 2. The molecule has 0 atom stereocenters. The maximum Gasteiger partial charge on any atom is 0.165 e. The fraction of sp³-hybridized carbons (Fsp3) is 0.300. The first kappa shape index (κ1) is 9.58. The summed E-state index contributed by atoms with van der Waals surface area (Å²) in [6, 6.07) is 0. The summed E-state index contributed by atoms with van der Waals surface area (Å²) >= 11 is 0. The van der Waals surface area contributed by atoms with Crippen LogP contribution in [0.2, 0.25) is 0 Å². The number of allylic oxidation sites excluding steroid dienone is 2. The Morgan fingerprint density at radius 3 is 2.23 bits per heavy atom. The van der Waals surface area contributed by atoms with E-state index in [1.165, 1.54) is 0 Å². The summed E-state index contributed by atoms with van der Waals surface area (Å²) < 4.78 is 0. The second-order valence-electron chi connectivity index (χ2n) is 3.14. The van der Waals surface area contributed by atoms with Crippen molar-refractivity contribution in [1.82, 2.24) is 0 Å². The van der Waals surface area contributed by atoms with Crippen LogP contribution in [0.15, 0.2) is 36.3 Å². The maximum absolute atomic E-state index is 11.3. The van der Waals surface area contributed by atoms with Gasteiger partial charge in [-0.1, -0.05) is 13.2 Å². The Morgan fingerprint density at radius 2 is 1.85 bits per heavy atom. The molecule has 0 bridgehead atoms. The molecule has 0 unspecified atom stereocenters. The van der Waals surface area contributed by atoms with Gasteiger partial charge in [-0.05, 0) is 18.9 Å². The van der Waals surface area contributed by atoms with E-state index in [0.29, 0.717) is 0 Å². The van der Waals surface area contributed by atoms with Crippen LogP contribution in [-0.4, -0.2) is 16.0 Å². The van der Waals surface area contributed by atoms with Crippen LogP contribution in [0, 0.1) is 5.92 Å². The van der Waals surface area contributed by atoms with Gasteiger partial charge in [0.2, 0.25) is 0 Å². The molecule has 1 saturated carbocycles. The summed E-state index contributed by atoms with van der Waals surface area (Å²) in [5, 5.41) is 17.8. The van der Waals surface area contributed by atoms with Crippen LogP contribution in [0.1, 0.15) is 12.8 Å². The molecule has 3 heteroatoms. The zero-order valence-electron chi connectivity index (χ0n) is 7.29. The van der Waals surface area contributed by atoms with Crippen molar-refractivity contribution in [2.45, 2.75) is 12.8 Å². The van der Waals surface area contributed by atoms with Crippen molar-refractivity contribution >= 4 is 5.78 Å². The SMILES string of the molecule is C=C(/C=C(/O)C(=C)O)C(=O)C1CC1. The Bertz CT molecular complexity index is 295. The fourth-order valence-electron chi connectivity index (χ4n) is 0.927. The normalized spacial score (nSPS) is 16.8. The predicted molar refractivity (Wildman–Crippen MR) is 49.4 cm³/mol. The van der Waals surface area contributed by atoms with Crippen molar-refractivity contribution in [3.8, 4) is 0 Å². The van der Waals surface area contributed by atoms with Crippen LogP contribution >= 0.6 is 0 Å². The minimum atomic E-state index is -0.454. The summed E-state index contributed by atoms with van der Waals surface area (Å²) in [7, 11) is 0. The third-order valence-electron chi connectivity index (χ3n) is 1.87. The second kappa shape index (κ2) is 3.47. The zero-order valence-corrected chi connectivity index (χ0v) is 7.29. The van der Waals surface area contributed by atoms with Crippen molar-refractivity contribution < 1.29 is 15.0 Å². The number of carbonyl (C=O) groups is 1. The number of ketones is 1. The molecule has 0 aromatic carbocycles. The number of aliphatic hydroxyl groups excluding tert-OH is 2. The van der Waals surface area contributed by atoms with Gasteiger partial charge in [-0.25, -0.2) is 0 Å². The highest BCUT2D eigenvalue weighted by Crippen LogP contribution is 2.32. The van der Waals surface area contributed by atoms with E-state index in [0.717, 1.165) is 18.9 Å². The number of rotatable bonds is 4. The van der Waals surface area contributed by atoms with Gasteiger partial charge in [-0.3, -0.25) is 4.79 Å². The summed E-state index contributed by atoms with van der Waals surface area (Å²) in [4.78, 5) is 11.3. The lowest BCUT2D eigenvalue weighted by Crippen LogP contribution is -2.02. The van der Waals surface area contributed by atoms with Crippen molar-refractivity contribution in [2.75, 3.05) is 0 Å². The first-order chi connectivity index (χ1) is 6.02. The summed E-state index contributed by atoms with van der Waals surface area (Å²) in [5.41, 5.74) is 0.218. The van der Waals surface area contributed by atoms with Crippen LogP contribution in [0.3, 0.4) is 0 Å². The topological polar surface area (TPSA) is 57.5 Å². The highest BCUT2D eigenvalue weighted by Gasteiger charge is 2.30. The van der Waals surface area contributed by atoms with E-state index in [1.807, 2.05) is 0 Å². The lowest BCUT2D eigenvalue weighted by Gasteiger charge is -1.99. The van der Waals surface area contributed by atoms with E-state index in [-0.39, 0.29) is 17.3 Å². The molecule has 0 aliphatic heterocycles. The first-order valence-corrected chi connectivity index (χ1v) is 4.04. The van der Waals surface area contributed by atoms with Crippen LogP contribution in [0.25, 0.3) is 0 Å². The van der Waals surface area contributed by atoms with E-state index in [9.17, 15) is 4.79 Å².